The first kappa shape index (κ1) is 9.35. The molecule has 3 rings (SSSR count). The minimum atomic E-state index is 0. The molecule has 1 nitrogen and oxygen atoms in total. The first-order chi connectivity index (χ1) is 5.88. The second-order valence-corrected chi connectivity index (χ2v) is 5.02. The third kappa shape index (κ3) is 1.36. The number of aryl methyl sites for hydroxylation is 1. The molecule has 2 heterocycles. The molecule has 0 unspecified atom stereocenters. The van der Waals surface area contributed by atoms with Crippen molar-refractivity contribution in [3.8, 4) is 0 Å². The number of fused-ring (bicyclic) bond motifs is 1. The monoisotopic (exact) mass is 215 g/mol. The molecule has 0 atom stereocenters. The maximum Gasteiger partial charge on any atom is 0.0485 e. The number of anilines is 1. The number of nitrogens with one attached hydrogen (secondary N) is 1. The molecule has 3 heteroatoms. The number of halogens is 1. The van der Waals surface area contributed by atoms with Gasteiger partial charge in [-0.3, -0.25) is 0 Å². The summed E-state index contributed by atoms with van der Waals surface area (Å²) in [6.45, 7) is 0. The van der Waals surface area contributed by atoms with Crippen molar-refractivity contribution in [3.63, 3.8) is 0 Å². The van der Waals surface area contributed by atoms with Crippen LogP contribution in [0.3, 0.4) is 0 Å². The van der Waals surface area contributed by atoms with Gasteiger partial charge >= 0.3 is 0 Å². The molecule has 0 saturated heterocycles. The van der Waals surface area contributed by atoms with E-state index in [-0.39, 0.29) is 12.4 Å². The Morgan fingerprint density at radius 1 is 1.31 bits per heavy atom. The van der Waals surface area contributed by atoms with Gasteiger partial charge in [-0.25, -0.2) is 0 Å². The molecule has 1 aromatic heterocycles. The Kier molecular flexibility index (Phi) is 2.28. The summed E-state index contributed by atoms with van der Waals surface area (Å²) in [5.41, 5.74) is 1.94. The van der Waals surface area contributed by atoms with Gasteiger partial charge in [-0.1, -0.05) is 0 Å². The third-order valence-electron chi connectivity index (χ3n) is 3.29. The van der Waals surface area contributed by atoms with Crippen molar-refractivity contribution in [1.82, 2.24) is 0 Å². The SMILES string of the molecule is Cl.c1cc2c(s1)CCC1(CCC1)N2. The van der Waals surface area contributed by atoms with Crippen molar-refractivity contribution < 1.29 is 0 Å². The summed E-state index contributed by atoms with van der Waals surface area (Å²) < 4.78 is 0. The lowest BCUT2D eigenvalue weighted by Gasteiger charge is -2.46. The molecule has 1 N–H and O–H groups in total. The van der Waals surface area contributed by atoms with Crippen LogP contribution in [-0.2, 0) is 6.42 Å². The highest BCUT2D eigenvalue weighted by Crippen LogP contribution is 2.44. The Bertz CT molecular complexity index is 304. The fourth-order valence-corrected chi connectivity index (χ4v) is 3.16. The number of hydrogen-bond acceptors (Lipinski definition) is 2. The zero-order valence-electron chi connectivity index (χ0n) is 7.51. The van der Waals surface area contributed by atoms with Crippen LogP contribution in [0.2, 0.25) is 0 Å². The van der Waals surface area contributed by atoms with E-state index in [0.717, 1.165) is 0 Å². The van der Waals surface area contributed by atoms with Crippen molar-refractivity contribution in [2.24, 2.45) is 0 Å². The van der Waals surface area contributed by atoms with Crippen molar-refractivity contribution in [1.29, 1.82) is 0 Å². The molecule has 0 bridgehead atoms. The van der Waals surface area contributed by atoms with Gasteiger partial charge in [0.05, 0.1) is 0 Å². The van der Waals surface area contributed by atoms with E-state index in [2.05, 4.69) is 16.8 Å². The average molecular weight is 216 g/mol. The van der Waals surface area contributed by atoms with Crippen LogP contribution in [0, 0.1) is 0 Å². The molecule has 72 valence electrons. The van der Waals surface area contributed by atoms with Gasteiger partial charge in [0.1, 0.15) is 0 Å². The molecule has 1 aliphatic carbocycles. The van der Waals surface area contributed by atoms with Crippen LogP contribution in [-0.4, -0.2) is 5.54 Å². The van der Waals surface area contributed by atoms with Crippen LogP contribution in [0.1, 0.15) is 30.6 Å². The van der Waals surface area contributed by atoms with Gasteiger partial charge in [-0.15, -0.1) is 23.7 Å². The van der Waals surface area contributed by atoms with E-state index in [1.54, 1.807) is 4.88 Å². The van der Waals surface area contributed by atoms with Crippen molar-refractivity contribution in [3.05, 3.63) is 16.3 Å². The topological polar surface area (TPSA) is 12.0 Å². The van der Waals surface area contributed by atoms with Crippen molar-refractivity contribution >= 4 is 29.4 Å². The molecule has 2 aliphatic rings. The number of hydrogen-bond donors (Lipinski definition) is 1. The van der Waals surface area contributed by atoms with Gasteiger partial charge in [0.25, 0.3) is 0 Å². The lowest BCUT2D eigenvalue weighted by molar-refractivity contribution is 0.255. The molecular formula is C10H14ClNS. The molecular weight excluding hydrogens is 202 g/mol. The molecule has 1 fully saturated rings. The summed E-state index contributed by atoms with van der Waals surface area (Å²) in [7, 11) is 0. The third-order valence-corrected chi connectivity index (χ3v) is 4.27. The Balaban J connectivity index is 0.000000653. The van der Waals surface area contributed by atoms with Crippen LogP contribution in [0.25, 0.3) is 0 Å². The van der Waals surface area contributed by atoms with E-state index in [0.29, 0.717) is 5.54 Å². The quantitative estimate of drug-likeness (QED) is 0.699. The van der Waals surface area contributed by atoms with Gasteiger partial charge in [0.2, 0.25) is 0 Å². The summed E-state index contributed by atoms with van der Waals surface area (Å²) >= 11 is 1.90. The van der Waals surface area contributed by atoms with E-state index in [4.69, 9.17) is 0 Å². The van der Waals surface area contributed by atoms with Gasteiger partial charge in [0, 0.05) is 16.1 Å². The van der Waals surface area contributed by atoms with Crippen LogP contribution in [0.5, 0.6) is 0 Å². The van der Waals surface area contributed by atoms with E-state index in [1.807, 2.05) is 11.3 Å². The standard InChI is InChI=1S/C10H13NS.ClH/c1-4-10(5-1)6-2-9-8(11-10)3-7-12-9;/h3,7,11H,1-2,4-6H2;1H. The normalized spacial score (nSPS) is 22.5. The molecule has 0 amide bonds. The second kappa shape index (κ2) is 3.18. The zero-order chi connectivity index (χ0) is 8.02. The summed E-state index contributed by atoms with van der Waals surface area (Å²) in [6.07, 6.45) is 6.87. The van der Waals surface area contributed by atoms with E-state index in [9.17, 15) is 0 Å². The Hall–Kier alpha value is -0.210. The summed E-state index contributed by atoms with van der Waals surface area (Å²) in [5, 5.41) is 5.90. The zero-order valence-corrected chi connectivity index (χ0v) is 9.14. The first-order valence-electron chi connectivity index (χ1n) is 4.73. The second-order valence-electron chi connectivity index (χ2n) is 4.02. The number of rotatable bonds is 0. The molecule has 1 spiro atoms. The summed E-state index contributed by atoms with van der Waals surface area (Å²) in [4.78, 5) is 1.56. The highest BCUT2D eigenvalue weighted by molar-refractivity contribution is 7.10. The van der Waals surface area contributed by atoms with Gasteiger partial charge in [-0.05, 0) is 43.6 Å². The summed E-state index contributed by atoms with van der Waals surface area (Å²) in [6, 6.07) is 2.24. The smallest absolute Gasteiger partial charge is 0.0485 e. The first-order valence-corrected chi connectivity index (χ1v) is 5.61. The molecule has 0 aromatic carbocycles. The Morgan fingerprint density at radius 3 is 2.85 bits per heavy atom. The van der Waals surface area contributed by atoms with Gasteiger partial charge in [-0.2, -0.15) is 0 Å². The van der Waals surface area contributed by atoms with E-state index >= 15 is 0 Å². The van der Waals surface area contributed by atoms with E-state index in [1.165, 1.54) is 37.8 Å². The van der Waals surface area contributed by atoms with Crippen molar-refractivity contribution in [2.75, 3.05) is 5.32 Å². The minimum Gasteiger partial charge on any atom is -0.379 e. The molecule has 13 heavy (non-hydrogen) atoms. The van der Waals surface area contributed by atoms with Crippen LogP contribution in [0.15, 0.2) is 11.4 Å². The highest BCUT2D eigenvalue weighted by Gasteiger charge is 2.39. The van der Waals surface area contributed by atoms with E-state index < -0.39 is 0 Å². The lowest BCUT2D eigenvalue weighted by Crippen LogP contribution is -2.47. The van der Waals surface area contributed by atoms with Gasteiger partial charge < -0.3 is 5.32 Å². The van der Waals surface area contributed by atoms with Crippen LogP contribution >= 0.6 is 23.7 Å². The molecule has 0 radical (unpaired) electrons. The lowest BCUT2D eigenvalue weighted by atomic mass is 9.72. The van der Waals surface area contributed by atoms with Crippen LogP contribution in [0.4, 0.5) is 5.69 Å². The Labute approximate surface area is 89.0 Å². The fourth-order valence-electron chi connectivity index (χ4n) is 2.33. The molecule has 1 aromatic rings. The van der Waals surface area contributed by atoms with Crippen molar-refractivity contribution in [2.45, 2.75) is 37.6 Å². The Morgan fingerprint density at radius 2 is 2.15 bits per heavy atom. The summed E-state index contributed by atoms with van der Waals surface area (Å²) in [5.74, 6) is 0. The fraction of sp³-hybridized carbons (Fsp3) is 0.600. The molecule has 1 saturated carbocycles. The average Bonchev–Trinajstić information content (AvgIpc) is 2.46. The minimum absolute atomic E-state index is 0. The maximum atomic E-state index is 3.70. The maximum absolute atomic E-state index is 3.70. The number of thiophene rings is 1. The predicted molar refractivity (Wildman–Crippen MR) is 60.1 cm³/mol. The van der Waals surface area contributed by atoms with Gasteiger partial charge in [0.15, 0.2) is 0 Å². The highest BCUT2D eigenvalue weighted by atomic mass is 35.5. The molecule has 1 aliphatic heterocycles. The van der Waals surface area contributed by atoms with Crippen LogP contribution < -0.4 is 5.32 Å². The largest absolute Gasteiger partial charge is 0.379 e. The predicted octanol–water partition coefficient (Wildman–Crippen LogP) is 3.45.